The van der Waals surface area contributed by atoms with Crippen LogP contribution in [-0.2, 0) is 14.3 Å². The first-order valence-corrected chi connectivity index (χ1v) is 9.60. The zero-order valence-electron chi connectivity index (χ0n) is 16.1. The number of ether oxygens (including phenoxy) is 1. The van der Waals surface area contributed by atoms with E-state index in [0.717, 1.165) is 18.4 Å². The predicted octanol–water partition coefficient (Wildman–Crippen LogP) is 1.99. The summed E-state index contributed by atoms with van der Waals surface area (Å²) in [6.07, 6.45) is 2.59. The average Bonchev–Trinajstić information content (AvgIpc) is 3.18. The van der Waals surface area contributed by atoms with Crippen LogP contribution in [0.15, 0.2) is 34.9 Å². The van der Waals surface area contributed by atoms with Crippen molar-refractivity contribution in [2.45, 2.75) is 31.6 Å². The predicted molar refractivity (Wildman–Crippen MR) is 102 cm³/mol. The van der Waals surface area contributed by atoms with Gasteiger partial charge in [-0.15, -0.1) is 0 Å². The summed E-state index contributed by atoms with van der Waals surface area (Å²) in [5.41, 5.74) is 0.902. The Labute approximate surface area is 164 Å². The standard InChI is InChI=1S/C20H26N4O4/c1-27-14-18(26)24-12-5-8-16(9-11-21-17(25)10-13-24)20-22-19(23-28-20)15-6-3-2-4-7-15/h2-4,6-7,16H,5,8-14H2,1H3,(H,21,25). The zero-order valence-corrected chi connectivity index (χ0v) is 16.1. The van der Waals surface area contributed by atoms with E-state index in [1.54, 1.807) is 4.90 Å². The molecule has 0 aliphatic carbocycles. The van der Waals surface area contributed by atoms with Gasteiger partial charge >= 0.3 is 0 Å². The largest absolute Gasteiger partial charge is 0.375 e. The molecule has 0 bridgehead atoms. The molecule has 1 N–H and O–H groups in total. The lowest BCUT2D eigenvalue weighted by atomic mass is 9.99. The summed E-state index contributed by atoms with van der Waals surface area (Å²) < 4.78 is 10.5. The number of rotatable bonds is 4. The molecule has 2 heterocycles. The Hall–Kier alpha value is -2.74. The van der Waals surface area contributed by atoms with Gasteiger partial charge in [-0.25, -0.2) is 0 Å². The van der Waals surface area contributed by atoms with Crippen molar-refractivity contribution in [3.63, 3.8) is 0 Å². The van der Waals surface area contributed by atoms with Crippen LogP contribution in [0.2, 0.25) is 0 Å². The van der Waals surface area contributed by atoms with Crippen LogP contribution in [0.1, 0.15) is 37.5 Å². The number of carbonyl (C=O) groups is 2. The number of hydrogen-bond donors (Lipinski definition) is 1. The van der Waals surface area contributed by atoms with Gasteiger partial charge in [0.1, 0.15) is 6.61 Å². The summed E-state index contributed by atoms with van der Waals surface area (Å²) in [5, 5.41) is 7.02. The third-order valence-electron chi connectivity index (χ3n) is 4.85. The fraction of sp³-hybridized carbons (Fsp3) is 0.500. The highest BCUT2D eigenvalue weighted by Gasteiger charge is 2.22. The summed E-state index contributed by atoms with van der Waals surface area (Å²) in [6.45, 7) is 1.54. The third kappa shape index (κ3) is 5.39. The number of methoxy groups -OCH3 is 1. The summed E-state index contributed by atoms with van der Waals surface area (Å²) in [6, 6.07) is 9.67. The molecule has 0 saturated carbocycles. The van der Waals surface area contributed by atoms with Crippen LogP contribution in [0.5, 0.6) is 0 Å². The van der Waals surface area contributed by atoms with Gasteiger partial charge in [-0.3, -0.25) is 9.59 Å². The van der Waals surface area contributed by atoms with E-state index in [4.69, 9.17) is 9.26 Å². The van der Waals surface area contributed by atoms with Crippen LogP contribution in [0.25, 0.3) is 11.4 Å². The molecule has 8 nitrogen and oxygen atoms in total. The average molecular weight is 386 g/mol. The molecule has 1 aromatic carbocycles. The Kier molecular flexibility index (Phi) is 7.13. The van der Waals surface area contributed by atoms with E-state index in [1.165, 1.54) is 7.11 Å². The molecule has 1 aromatic heterocycles. The van der Waals surface area contributed by atoms with Crippen molar-refractivity contribution >= 4 is 11.8 Å². The van der Waals surface area contributed by atoms with E-state index in [9.17, 15) is 9.59 Å². The van der Waals surface area contributed by atoms with E-state index >= 15 is 0 Å². The van der Waals surface area contributed by atoms with Crippen molar-refractivity contribution in [1.82, 2.24) is 20.4 Å². The number of nitrogens with one attached hydrogen (secondary N) is 1. The SMILES string of the molecule is COCC(=O)N1CCCC(c2nc(-c3ccccc3)no2)CCNC(=O)CC1. The molecule has 28 heavy (non-hydrogen) atoms. The summed E-state index contributed by atoms with van der Waals surface area (Å²) in [5.74, 6) is 0.998. The molecule has 1 saturated heterocycles. The molecule has 2 amide bonds. The minimum absolute atomic E-state index is 0.0230. The van der Waals surface area contributed by atoms with Gasteiger partial charge in [-0.2, -0.15) is 4.98 Å². The normalized spacial score (nSPS) is 19.0. The Morgan fingerprint density at radius 2 is 2.11 bits per heavy atom. The summed E-state index contributed by atoms with van der Waals surface area (Å²) in [4.78, 5) is 30.5. The molecule has 0 radical (unpaired) electrons. The lowest BCUT2D eigenvalue weighted by Crippen LogP contribution is -2.37. The van der Waals surface area contributed by atoms with Crippen molar-refractivity contribution in [2.24, 2.45) is 0 Å². The molecular formula is C20H26N4O4. The van der Waals surface area contributed by atoms with Crippen LogP contribution in [0.4, 0.5) is 0 Å². The van der Waals surface area contributed by atoms with Crippen molar-refractivity contribution in [3.05, 3.63) is 36.2 Å². The van der Waals surface area contributed by atoms with Crippen LogP contribution < -0.4 is 5.32 Å². The number of carbonyl (C=O) groups excluding carboxylic acids is 2. The van der Waals surface area contributed by atoms with Gasteiger partial charge in [0.05, 0.1) is 0 Å². The highest BCUT2D eigenvalue weighted by Crippen LogP contribution is 2.26. The van der Waals surface area contributed by atoms with Gasteiger partial charge < -0.3 is 19.5 Å². The number of benzene rings is 1. The highest BCUT2D eigenvalue weighted by molar-refractivity contribution is 5.79. The molecule has 1 aliphatic heterocycles. The van der Waals surface area contributed by atoms with Gasteiger partial charge in [0.2, 0.25) is 23.5 Å². The maximum Gasteiger partial charge on any atom is 0.248 e. The van der Waals surface area contributed by atoms with Crippen molar-refractivity contribution in [3.8, 4) is 11.4 Å². The molecule has 3 rings (SSSR count). The van der Waals surface area contributed by atoms with Gasteiger partial charge in [-0.05, 0) is 19.3 Å². The maximum atomic E-state index is 12.2. The molecular weight excluding hydrogens is 360 g/mol. The first-order valence-electron chi connectivity index (χ1n) is 9.60. The number of hydrogen-bond acceptors (Lipinski definition) is 6. The topological polar surface area (TPSA) is 97.6 Å². The molecule has 2 aromatic rings. The smallest absolute Gasteiger partial charge is 0.248 e. The molecule has 0 spiro atoms. The van der Waals surface area contributed by atoms with Crippen molar-refractivity contribution < 1.29 is 18.8 Å². The third-order valence-corrected chi connectivity index (χ3v) is 4.85. The lowest BCUT2D eigenvalue weighted by molar-refractivity contribution is -0.135. The van der Waals surface area contributed by atoms with Gasteiger partial charge in [0.25, 0.3) is 0 Å². The Morgan fingerprint density at radius 3 is 2.89 bits per heavy atom. The fourth-order valence-electron chi connectivity index (χ4n) is 3.31. The lowest BCUT2D eigenvalue weighted by Gasteiger charge is -2.22. The molecule has 1 fully saturated rings. The van der Waals surface area contributed by atoms with Gasteiger partial charge in [0.15, 0.2) is 0 Å². The molecule has 1 atom stereocenters. The first-order chi connectivity index (χ1) is 13.7. The number of amides is 2. The van der Waals surface area contributed by atoms with Crippen LogP contribution in [0, 0.1) is 0 Å². The van der Waals surface area contributed by atoms with E-state index in [0.29, 0.717) is 44.2 Å². The van der Waals surface area contributed by atoms with Crippen LogP contribution >= 0.6 is 0 Å². The van der Waals surface area contributed by atoms with Gasteiger partial charge in [0, 0.05) is 44.6 Å². The number of nitrogens with zero attached hydrogens (tertiary/aromatic N) is 3. The van der Waals surface area contributed by atoms with E-state index in [-0.39, 0.29) is 24.3 Å². The van der Waals surface area contributed by atoms with Gasteiger partial charge in [-0.1, -0.05) is 35.5 Å². The second kappa shape index (κ2) is 9.98. The fourth-order valence-corrected chi connectivity index (χ4v) is 3.31. The van der Waals surface area contributed by atoms with E-state index in [2.05, 4.69) is 15.5 Å². The molecule has 1 unspecified atom stereocenters. The zero-order chi connectivity index (χ0) is 19.8. The Bertz CT molecular complexity index is 778. The second-order valence-corrected chi connectivity index (χ2v) is 6.86. The molecule has 150 valence electrons. The number of aromatic nitrogens is 2. The van der Waals surface area contributed by atoms with E-state index in [1.807, 2.05) is 30.3 Å². The van der Waals surface area contributed by atoms with Crippen LogP contribution in [0.3, 0.4) is 0 Å². The van der Waals surface area contributed by atoms with Crippen molar-refractivity contribution in [2.75, 3.05) is 33.4 Å². The quantitative estimate of drug-likeness (QED) is 0.863. The van der Waals surface area contributed by atoms with Crippen molar-refractivity contribution in [1.29, 1.82) is 0 Å². The molecule has 8 heteroatoms. The monoisotopic (exact) mass is 386 g/mol. The highest BCUT2D eigenvalue weighted by atomic mass is 16.5. The Morgan fingerprint density at radius 1 is 1.29 bits per heavy atom. The molecule has 1 aliphatic rings. The second-order valence-electron chi connectivity index (χ2n) is 6.86. The minimum Gasteiger partial charge on any atom is -0.375 e. The first kappa shape index (κ1) is 20.0. The minimum atomic E-state index is -0.102. The summed E-state index contributed by atoms with van der Waals surface area (Å²) in [7, 11) is 1.49. The summed E-state index contributed by atoms with van der Waals surface area (Å²) >= 11 is 0. The van der Waals surface area contributed by atoms with Crippen LogP contribution in [-0.4, -0.2) is 60.2 Å². The van der Waals surface area contributed by atoms with E-state index < -0.39 is 0 Å². The Balaban J connectivity index is 1.70. The maximum absolute atomic E-state index is 12.2.